The zero-order chi connectivity index (χ0) is 27.8. The first-order valence-corrected chi connectivity index (χ1v) is 13.3. The molecule has 2 aliphatic rings. The van der Waals surface area contributed by atoms with E-state index in [1.54, 1.807) is 35.2 Å². The maximum atomic E-state index is 13.5. The van der Waals surface area contributed by atoms with E-state index in [4.69, 9.17) is 33.7 Å². The zero-order valence-electron chi connectivity index (χ0n) is 21.5. The van der Waals surface area contributed by atoms with E-state index >= 15 is 0 Å². The smallest absolute Gasteiger partial charge is 0.161 e. The Labute approximate surface area is 236 Å². The molecule has 198 valence electrons. The molecule has 0 fully saturated rings. The van der Waals surface area contributed by atoms with Crippen molar-refractivity contribution < 1.29 is 13.9 Å². The summed E-state index contributed by atoms with van der Waals surface area (Å²) in [5.41, 5.74) is 12.5. The van der Waals surface area contributed by atoms with Crippen LogP contribution in [-0.4, -0.2) is 5.78 Å². The van der Waals surface area contributed by atoms with Crippen molar-refractivity contribution in [3.05, 3.63) is 115 Å². The molecule has 0 aromatic heterocycles. The van der Waals surface area contributed by atoms with Gasteiger partial charge in [0, 0.05) is 17.7 Å². The number of carbonyl (C=O) groups is 1. The van der Waals surface area contributed by atoms with Crippen LogP contribution in [0.4, 0.5) is 10.1 Å². The minimum Gasteiger partial charge on any atom is -0.489 e. The van der Waals surface area contributed by atoms with E-state index in [0.29, 0.717) is 46.3 Å². The van der Waals surface area contributed by atoms with E-state index < -0.39 is 5.92 Å². The predicted molar refractivity (Wildman–Crippen MR) is 151 cm³/mol. The minimum absolute atomic E-state index is 0.0197. The van der Waals surface area contributed by atoms with Crippen LogP contribution in [-0.2, 0) is 11.4 Å². The fraction of sp³-hybridized carbons (Fsp3) is 0.226. The second-order valence-electron chi connectivity index (χ2n) is 9.77. The number of anilines is 1. The van der Waals surface area contributed by atoms with Crippen molar-refractivity contribution >= 4 is 34.7 Å². The standard InChI is InChI=1S/C31H26Cl2FN3O2/c1-17-13-18(2)22(14-19(17)16-39-21-11-9-20(34)10-12-21)28-23(15-35)31(36)37(25-6-4-8-27(38)29(25)28)26-7-3-5-24(32)30(26)33/h3,5,7,9-14,28H,4,6,8,16,36H2,1-2H3. The molecule has 5 nitrogen and oxygen atoms in total. The van der Waals surface area contributed by atoms with E-state index in [9.17, 15) is 14.4 Å². The highest BCUT2D eigenvalue weighted by atomic mass is 35.5. The van der Waals surface area contributed by atoms with Gasteiger partial charge in [0.2, 0.25) is 0 Å². The largest absolute Gasteiger partial charge is 0.489 e. The zero-order valence-corrected chi connectivity index (χ0v) is 23.0. The van der Waals surface area contributed by atoms with Crippen LogP contribution >= 0.6 is 23.2 Å². The Kier molecular flexibility index (Phi) is 7.40. The predicted octanol–water partition coefficient (Wildman–Crippen LogP) is 7.63. The third kappa shape index (κ3) is 4.89. The third-order valence-corrected chi connectivity index (χ3v) is 8.14. The maximum absolute atomic E-state index is 13.5. The second-order valence-corrected chi connectivity index (χ2v) is 10.6. The Balaban J connectivity index is 1.64. The van der Waals surface area contributed by atoms with Gasteiger partial charge in [-0.2, -0.15) is 5.26 Å². The lowest BCUT2D eigenvalue weighted by atomic mass is 9.74. The lowest BCUT2D eigenvalue weighted by Crippen LogP contribution is -2.39. The van der Waals surface area contributed by atoms with E-state index in [-0.39, 0.29) is 29.6 Å². The molecule has 0 saturated carbocycles. The molecule has 0 bridgehead atoms. The van der Waals surface area contributed by atoms with Crippen LogP contribution in [0.1, 0.15) is 47.4 Å². The fourth-order valence-electron chi connectivity index (χ4n) is 5.41. The molecule has 0 radical (unpaired) electrons. The molecule has 3 aromatic rings. The molecular formula is C31H26Cl2FN3O2. The highest BCUT2D eigenvalue weighted by Gasteiger charge is 2.41. The van der Waals surface area contributed by atoms with Crippen molar-refractivity contribution in [1.29, 1.82) is 5.26 Å². The molecule has 2 N–H and O–H groups in total. The average Bonchev–Trinajstić information content (AvgIpc) is 2.91. The number of ether oxygens (including phenoxy) is 1. The number of Topliss-reactive ketones (excluding diaryl/α,β-unsaturated/α-hetero) is 1. The number of carbonyl (C=O) groups excluding carboxylic acids is 1. The van der Waals surface area contributed by atoms with Gasteiger partial charge in [-0.1, -0.05) is 41.4 Å². The molecule has 1 aliphatic carbocycles. The van der Waals surface area contributed by atoms with E-state index in [1.807, 2.05) is 26.0 Å². The van der Waals surface area contributed by atoms with Gasteiger partial charge < -0.3 is 10.5 Å². The number of hydrogen-bond donors (Lipinski definition) is 1. The van der Waals surface area contributed by atoms with E-state index in [1.165, 1.54) is 12.1 Å². The van der Waals surface area contributed by atoms with E-state index in [0.717, 1.165) is 28.0 Å². The number of benzene rings is 3. The first-order chi connectivity index (χ1) is 18.7. The summed E-state index contributed by atoms with van der Waals surface area (Å²) in [5, 5.41) is 11.0. The Morgan fingerprint density at radius 1 is 1.10 bits per heavy atom. The van der Waals surface area contributed by atoms with Gasteiger partial charge in [-0.05, 0) is 85.3 Å². The van der Waals surface area contributed by atoms with Crippen LogP contribution in [0.2, 0.25) is 10.0 Å². The SMILES string of the molecule is Cc1cc(C)c(C2C(C#N)=C(N)N(c3cccc(Cl)c3Cl)C3=C2C(=O)CCC3)cc1COc1ccc(F)cc1. The first kappa shape index (κ1) is 26.8. The van der Waals surface area contributed by atoms with Gasteiger partial charge in [0.1, 0.15) is 24.0 Å². The molecule has 39 heavy (non-hydrogen) atoms. The van der Waals surface area contributed by atoms with Gasteiger partial charge in [-0.3, -0.25) is 9.69 Å². The van der Waals surface area contributed by atoms with Crippen molar-refractivity contribution in [3.8, 4) is 11.8 Å². The van der Waals surface area contributed by atoms with Gasteiger partial charge in [0.15, 0.2) is 5.78 Å². The lowest BCUT2D eigenvalue weighted by Gasteiger charge is -2.40. The lowest BCUT2D eigenvalue weighted by molar-refractivity contribution is -0.116. The van der Waals surface area contributed by atoms with Crippen LogP contribution < -0.4 is 15.4 Å². The summed E-state index contributed by atoms with van der Waals surface area (Å²) >= 11 is 12.9. The number of nitriles is 1. The molecule has 5 rings (SSSR count). The maximum Gasteiger partial charge on any atom is 0.161 e. The Hall–Kier alpha value is -3.79. The van der Waals surface area contributed by atoms with Crippen LogP contribution in [0.3, 0.4) is 0 Å². The first-order valence-electron chi connectivity index (χ1n) is 12.6. The van der Waals surface area contributed by atoms with Gasteiger partial charge in [0.05, 0.1) is 33.3 Å². The summed E-state index contributed by atoms with van der Waals surface area (Å²) in [5.74, 6) is -0.217. The van der Waals surface area contributed by atoms with Crippen molar-refractivity contribution in [2.45, 2.75) is 45.6 Å². The quantitative estimate of drug-likeness (QED) is 0.346. The highest BCUT2D eigenvalue weighted by molar-refractivity contribution is 6.43. The number of aryl methyl sites for hydroxylation is 2. The molecule has 1 heterocycles. The number of ketones is 1. The second kappa shape index (κ2) is 10.8. The summed E-state index contributed by atoms with van der Waals surface area (Å²) in [6, 6.07) is 17.4. The summed E-state index contributed by atoms with van der Waals surface area (Å²) in [6.07, 6.45) is 1.65. The average molecular weight is 562 g/mol. The van der Waals surface area contributed by atoms with Gasteiger partial charge >= 0.3 is 0 Å². The van der Waals surface area contributed by atoms with Crippen LogP contribution in [0, 0.1) is 31.0 Å². The molecule has 1 atom stereocenters. The van der Waals surface area contributed by atoms with Gasteiger partial charge in [0.25, 0.3) is 0 Å². The summed E-state index contributed by atoms with van der Waals surface area (Å²) < 4.78 is 19.2. The van der Waals surface area contributed by atoms with Crippen molar-refractivity contribution in [2.75, 3.05) is 4.90 Å². The Morgan fingerprint density at radius 2 is 1.85 bits per heavy atom. The Morgan fingerprint density at radius 3 is 2.56 bits per heavy atom. The number of allylic oxidation sites excluding steroid dienone is 3. The summed E-state index contributed by atoms with van der Waals surface area (Å²) in [4.78, 5) is 15.3. The van der Waals surface area contributed by atoms with Crippen LogP contribution in [0.15, 0.2) is 77.3 Å². The topological polar surface area (TPSA) is 79.4 Å². The molecule has 1 unspecified atom stereocenters. The van der Waals surface area contributed by atoms with Gasteiger partial charge in [-0.15, -0.1) is 0 Å². The molecule has 0 saturated heterocycles. The fourth-order valence-corrected chi connectivity index (χ4v) is 5.79. The van der Waals surface area contributed by atoms with E-state index in [2.05, 4.69) is 6.07 Å². The molecule has 1 aliphatic heterocycles. The number of nitrogens with zero attached hydrogens (tertiary/aromatic N) is 2. The Bertz CT molecular complexity index is 1590. The summed E-state index contributed by atoms with van der Waals surface area (Å²) in [7, 11) is 0. The number of rotatable bonds is 5. The van der Waals surface area contributed by atoms with Crippen molar-refractivity contribution in [2.24, 2.45) is 5.73 Å². The van der Waals surface area contributed by atoms with Crippen molar-refractivity contribution in [3.63, 3.8) is 0 Å². The monoisotopic (exact) mass is 561 g/mol. The molecule has 3 aromatic carbocycles. The number of nitrogens with two attached hydrogens (primary N) is 1. The van der Waals surface area contributed by atoms with Gasteiger partial charge in [-0.25, -0.2) is 4.39 Å². The van der Waals surface area contributed by atoms with Crippen molar-refractivity contribution in [1.82, 2.24) is 0 Å². The molecule has 0 amide bonds. The van der Waals surface area contributed by atoms with Crippen LogP contribution in [0.5, 0.6) is 5.75 Å². The molecule has 8 heteroatoms. The van der Waals surface area contributed by atoms with Crippen LogP contribution in [0.25, 0.3) is 0 Å². The molecular weight excluding hydrogens is 536 g/mol. The molecule has 0 spiro atoms. The third-order valence-electron chi connectivity index (χ3n) is 7.33. The summed E-state index contributed by atoms with van der Waals surface area (Å²) in [6.45, 7) is 4.18. The normalized spacial score (nSPS) is 17.3. The number of halogens is 3. The number of hydrogen-bond acceptors (Lipinski definition) is 5. The minimum atomic E-state index is -0.628. The highest BCUT2D eigenvalue weighted by Crippen LogP contribution is 2.49.